The second kappa shape index (κ2) is 11.4. The van der Waals surface area contributed by atoms with E-state index in [0.29, 0.717) is 26.0 Å². The van der Waals surface area contributed by atoms with E-state index in [1.165, 1.54) is 29.2 Å². The molecule has 5 rings (SSSR count). The summed E-state index contributed by atoms with van der Waals surface area (Å²) < 4.78 is 60.5. The van der Waals surface area contributed by atoms with Crippen molar-refractivity contribution in [3.8, 4) is 5.75 Å². The van der Waals surface area contributed by atoms with Gasteiger partial charge in [-0.3, -0.25) is 9.59 Å². The van der Waals surface area contributed by atoms with E-state index in [1.54, 1.807) is 6.07 Å². The molecule has 7 nitrogen and oxygen atoms in total. The number of benzene rings is 2. The van der Waals surface area contributed by atoms with Gasteiger partial charge in [0.2, 0.25) is 5.91 Å². The largest absolute Gasteiger partial charge is 0.491 e. The molecule has 0 aliphatic carbocycles. The molecule has 1 unspecified atom stereocenters. The van der Waals surface area contributed by atoms with E-state index in [1.807, 2.05) is 24.3 Å². The number of carbonyl (C=O) groups is 2. The number of ether oxygens (including phenoxy) is 3. The number of hydrogen-bond acceptors (Lipinski definition) is 5. The van der Waals surface area contributed by atoms with Gasteiger partial charge < -0.3 is 24.4 Å². The fourth-order valence-corrected chi connectivity index (χ4v) is 6.54. The Hall–Kier alpha value is -3.11. The molecule has 2 amide bonds. The first-order valence-electron chi connectivity index (χ1n) is 13.8. The predicted molar refractivity (Wildman–Crippen MR) is 141 cm³/mol. The number of carbonyl (C=O) groups excluding carboxylic acids is 2. The van der Waals surface area contributed by atoms with E-state index < -0.39 is 23.1 Å². The van der Waals surface area contributed by atoms with Gasteiger partial charge in [0.1, 0.15) is 12.4 Å². The fourth-order valence-electron chi connectivity index (χ4n) is 6.54. The number of hydrogen-bond donors (Lipinski definition) is 1. The van der Waals surface area contributed by atoms with Gasteiger partial charge in [-0.25, -0.2) is 0 Å². The number of halogens is 3. The van der Waals surface area contributed by atoms with E-state index in [-0.39, 0.29) is 43.0 Å². The Labute approximate surface area is 232 Å². The van der Waals surface area contributed by atoms with Gasteiger partial charge in [0, 0.05) is 51.3 Å². The highest BCUT2D eigenvalue weighted by molar-refractivity contribution is 5.88. The predicted octanol–water partition coefficient (Wildman–Crippen LogP) is 4.56. The number of rotatable bonds is 7. The number of para-hydroxylation sites is 1. The summed E-state index contributed by atoms with van der Waals surface area (Å²) in [5.41, 5.74) is -2.94. The molecule has 3 atom stereocenters. The lowest BCUT2D eigenvalue weighted by molar-refractivity contribution is -0.271. The maximum atomic E-state index is 14.5. The average molecular weight is 561 g/mol. The second-order valence-electron chi connectivity index (χ2n) is 10.9. The summed E-state index contributed by atoms with van der Waals surface area (Å²) in [6, 6.07) is 14.7. The molecule has 3 fully saturated rings. The van der Waals surface area contributed by atoms with Gasteiger partial charge in [0.25, 0.3) is 11.5 Å². The highest BCUT2D eigenvalue weighted by Gasteiger charge is 2.64. The molecule has 0 bridgehead atoms. The Morgan fingerprint density at radius 1 is 1.10 bits per heavy atom. The van der Waals surface area contributed by atoms with Gasteiger partial charge in [-0.2, -0.15) is 13.2 Å². The molecule has 10 heteroatoms. The van der Waals surface area contributed by atoms with Crippen molar-refractivity contribution in [1.29, 1.82) is 0 Å². The summed E-state index contributed by atoms with van der Waals surface area (Å²) >= 11 is 0. The van der Waals surface area contributed by atoms with Crippen molar-refractivity contribution < 1.29 is 37.0 Å². The number of nitrogens with one attached hydrogen (secondary N) is 1. The molecule has 40 heavy (non-hydrogen) atoms. The van der Waals surface area contributed by atoms with Gasteiger partial charge in [-0.1, -0.05) is 48.5 Å². The first-order chi connectivity index (χ1) is 19.2. The molecule has 3 aliphatic rings. The zero-order valence-corrected chi connectivity index (χ0v) is 22.5. The molecule has 1 spiro atoms. The number of piperidine rings is 2. The van der Waals surface area contributed by atoms with Crippen LogP contribution >= 0.6 is 0 Å². The zero-order valence-electron chi connectivity index (χ0n) is 22.5. The van der Waals surface area contributed by atoms with Crippen molar-refractivity contribution in [3.63, 3.8) is 0 Å². The van der Waals surface area contributed by atoms with Crippen LogP contribution < -0.4 is 10.1 Å². The van der Waals surface area contributed by atoms with E-state index in [4.69, 9.17) is 14.2 Å². The van der Waals surface area contributed by atoms with Gasteiger partial charge in [-0.15, -0.1) is 0 Å². The van der Waals surface area contributed by atoms with Crippen molar-refractivity contribution in [2.45, 2.75) is 55.9 Å². The smallest absolute Gasteiger partial charge is 0.430 e. The molecule has 0 radical (unpaired) electrons. The number of alkyl halides is 3. The summed E-state index contributed by atoms with van der Waals surface area (Å²) in [7, 11) is 0.916. The molecule has 2 aromatic carbocycles. The minimum Gasteiger partial charge on any atom is -0.491 e. The van der Waals surface area contributed by atoms with Crippen LogP contribution in [0.1, 0.15) is 49.1 Å². The van der Waals surface area contributed by atoms with Crippen LogP contribution in [0.4, 0.5) is 13.2 Å². The Kier molecular flexibility index (Phi) is 8.10. The van der Waals surface area contributed by atoms with E-state index in [2.05, 4.69) is 5.32 Å². The van der Waals surface area contributed by atoms with E-state index in [0.717, 1.165) is 37.9 Å². The van der Waals surface area contributed by atoms with Crippen molar-refractivity contribution >= 4 is 11.8 Å². The molecular weight excluding hydrogens is 525 g/mol. The minimum atomic E-state index is -4.97. The summed E-state index contributed by atoms with van der Waals surface area (Å²) in [4.78, 5) is 27.5. The van der Waals surface area contributed by atoms with Crippen LogP contribution in [-0.4, -0.2) is 69.0 Å². The number of amides is 2. The van der Waals surface area contributed by atoms with Crippen LogP contribution in [0.15, 0.2) is 54.6 Å². The van der Waals surface area contributed by atoms with Crippen molar-refractivity contribution in [2.24, 2.45) is 5.41 Å². The standard InChI is InChI=1S/C30H35F3N2O5/c1-38-29(30(31,32)33,21-8-3-2-4-9-21)27(37)35-15-13-28(14-16-35)18-26(36)34-19-24(28)23-11-5-6-12-25(23)40-20-22-10-7-17-39-22/h2-6,8-9,11-12,22,24H,7,10,13-20H2,1H3,(H,34,36)/t22?,24-,29+/m0/s1. The van der Waals surface area contributed by atoms with Crippen molar-refractivity contribution in [2.75, 3.05) is 40.0 Å². The maximum Gasteiger partial charge on any atom is 0.430 e. The van der Waals surface area contributed by atoms with Crippen LogP contribution in [0.5, 0.6) is 5.75 Å². The lowest BCUT2D eigenvalue weighted by atomic mass is 9.62. The summed E-state index contributed by atoms with van der Waals surface area (Å²) in [6.45, 7) is 1.71. The third-order valence-corrected chi connectivity index (χ3v) is 8.73. The lowest BCUT2D eigenvalue weighted by Gasteiger charge is -2.50. The van der Waals surface area contributed by atoms with Crippen LogP contribution in [-0.2, 0) is 24.7 Å². The topological polar surface area (TPSA) is 77.1 Å². The molecule has 3 aliphatic heterocycles. The number of likely N-dealkylation sites (tertiary alicyclic amines) is 1. The monoisotopic (exact) mass is 560 g/mol. The van der Waals surface area contributed by atoms with Gasteiger partial charge >= 0.3 is 6.18 Å². The van der Waals surface area contributed by atoms with Crippen LogP contribution in [0.25, 0.3) is 0 Å². The Morgan fingerprint density at radius 2 is 1.80 bits per heavy atom. The van der Waals surface area contributed by atoms with Crippen LogP contribution in [0, 0.1) is 5.41 Å². The van der Waals surface area contributed by atoms with Crippen molar-refractivity contribution in [1.82, 2.24) is 10.2 Å². The SMILES string of the molecule is CO[C@@](C(=O)N1CCC2(CC1)CC(=O)NC[C@H]2c1ccccc1OCC1CCCO1)(c1ccccc1)C(F)(F)F. The summed E-state index contributed by atoms with van der Waals surface area (Å²) in [6.07, 6.45) is -1.99. The van der Waals surface area contributed by atoms with E-state index in [9.17, 15) is 22.8 Å². The molecule has 1 N–H and O–H groups in total. The normalized spacial score (nSPS) is 24.4. The molecule has 216 valence electrons. The van der Waals surface area contributed by atoms with Crippen LogP contribution in [0.3, 0.4) is 0 Å². The first-order valence-corrected chi connectivity index (χ1v) is 13.8. The van der Waals surface area contributed by atoms with Gasteiger partial charge in [0.15, 0.2) is 0 Å². The first kappa shape index (κ1) is 28.4. The lowest BCUT2D eigenvalue weighted by Crippen LogP contribution is -2.60. The zero-order chi connectivity index (χ0) is 28.4. The molecule has 3 heterocycles. The highest BCUT2D eigenvalue weighted by Crippen LogP contribution is 2.52. The summed E-state index contributed by atoms with van der Waals surface area (Å²) in [5.74, 6) is -0.635. The third-order valence-electron chi connectivity index (χ3n) is 8.73. The highest BCUT2D eigenvalue weighted by atomic mass is 19.4. The van der Waals surface area contributed by atoms with E-state index >= 15 is 0 Å². The third kappa shape index (κ3) is 5.19. The molecular formula is C30H35F3N2O5. The molecule has 0 aromatic heterocycles. The quantitative estimate of drug-likeness (QED) is 0.538. The number of methoxy groups -OCH3 is 1. The maximum absolute atomic E-state index is 14.5. The second-order valence-corrected chi connectivity index (χ2v) is 10.9. The Balaban J connectivity index is 1.39. The molecule has 2 aromatic rings. The molecule has 0 saturated carbocycles. The van der Waals surface area contributed by atoms with Crippen LogP contribution in [0.2, 0.25) is 0 Å². The number of nitrogens with zero attached hydrogens (tertiary/aromatic N) is 1. The van der Waals surface area contributed by atoms with Gasteiger partial charge in [-0.05, 0) is 42.7 Å². The summed E-state index contributed by atoms with van der Waals surface area (Å²) in [5, 5.41) is 2.97. The van der Waals surface area contributed by atoms with Crippen molar-refractivity contribution in [3.05, 3.63) is 65.7 Å². The van der Waals surface area contributed by atoms with Gasteiger partial charge in [0.05, 0.1) is 6.10 Å². The Morgan fingerprint density at radius 3 is 2.45 bits per heavy atom. The molecule has 3 saturated heterocycles. The Bertz CT molecular complexity index is 1190. The minimum absolute atomic E-state index is 0.0432. The fraction of sp³-hybridized carbons (Fsp3) is 0.533. The average Bonchev–Trinajstić information content (AvgIpc) is 3.47.